The summed E-state index contributed by atoms with van der Waals surface area (Å²) in [5, 5.41) is 0. The molecule has 1 saturated heterocycles. The van der Waals surface area contributed by atoms with Crippen molar-refractivity contribution < 1.29 is 22.8 Å². The number of halogens is 2. The molecule has 8 heteroatoms. The van der Waals surface area contributed by atoms with Crippen molar-refractivity contribution >= 4 is 27.7 Å². The highest BCUT2D eigenvalue weighted by Gasteiger charge is 2.26. The van der Waals surface area contributed by atoms with Gasteiger partial charge in [-0.25, -0.2) is 4.39 Å². The molecule has 30 heavy (non-hydrogen) atoms. The highest BCUT2D eigenvalue weighted by atomic mass is 79.9. The predicted octanol–water partition coefficient (Wildman–Crippen LogP) is 4.36. The lowest BCUT2D eigenvalue weighted by Crippen LogP contribution is -2.50. The summed E-state index contributed by atoms with van der Waals surface area (Å²) in [5.41, 5.74) is 0.402. The van der Waals surface area contributed by atoms with Crippen LogP contribution < -0.4 is 0 Å². The Morgan fingerprint density at radius 1 is 0.933 bits per heavy atom. The molecule has 6 nitrogen and oxygen atoms in total. The molecule has 0 saturated carbocycles. The molecule has 2 aromatic heterocycles. The monoisotopic (exact) mass is 474 g/mol. The first kappa shape index (κ1) is 20.4. The van der Waals surface area contributed by atoms with Crippen molar-refractivity contribution in [3.05, 3.63) is 70.5 Å². The molecule has 0 spiro atoms. The summed E-state index contributed by atoms with van der Waals surface area (Å²) in [6.45, 7) is 1.87. The average Bonchev–Trinajstić information content (AvgIpc) is 3.41. The summed E-state index contributed by atoms with van der Waals surface area (Å²) in [7, 11) is 0. The van der Waals surface area contributed by atoms with Gasteiger partial charge in [0.2, 0.25) is 5.91 Å². The van der Waals surface area contributed by atoms with E-state index in [0.717, 1.165) is 0 Å². The number of nitrogens with zero attached hydrogens (tertiary/aromatic N) is 2. The molecular weight excluding hydrogens is 455 g/mol. The van der Waals surface area contributed by atoms with Gasteiger partial charge < -0.3 is 18.6 Å². The first-order valence-electron chi connectivity index (χ1n) is 9.67. The van der Waals surface area contributed by atoms with Gasteiger partial charge in [0.15, 0.2) is 10.4 Å². The summed E-state index contributed by atoms with van der Waals surface area (Å²) in [6, 6.07) is 13.2. The minimum atomic E-state index is -0.344. The van der Waals surface area contributed by atoms with Crippen molar-refractivity contribution in [3.8, 4) is 11.3 Å². The third kappa shape index (κ3) is 4.48. The van der Waals surface area contributed by atoms with Crippen LogP contribution in [0.25, 0.3) is 11.3 Å². The molecule has 156 valence electrons. The molecule has 0 aliphatic carbocycles. The van der Waals surface area contributed by atoms with Crippen molar-refractivity contribution in [1.82, 2.24) is 9.80 Å². The fraction of sp³-hybridized carbons (Fsp3) is 0.273. The zero-order valence-corrected chi connectivity index (χ0v) is 17.7. The van der Waals surface area contributed by atoms with E-state index in [4.69, 9.17) is 8.83 Å². The normalized spacial score (nSPS) is 14.2. The molecule has 1 fully saturated rings. The molecule has 1 aromatic carbocycles. The SMILES string of the molecule is O=C(CCc1ccc(-c2ccccc2F)o1)N1CCN(C(=O)c2ccc(Br)o2)CC1. The Morgan fingerprint density at radius 2 is 1.67 bits per heavy atom. The van der Waals surface area contributed by atoms with Crippen LogP contribution in [0.4, 0.5) is 4.39 Å². The number of aryl methyl sites for hydroxylation is 1. The quantitative estimate of drug-likeness (QED) is 0.550. The Labute approximate surface area is 181 Å². The van der Waals surface area contributed by atoms with E-state index >= 15 is 0 Å². The first-order chi connectivity index (χ1) is 14.5. The molecule has 0 atom stereocenters. The number of rotatable bonds is 5. The van der Waals surface area contributed by atoms with E-state index in [2.05, 4.69) is 15.9 Å². The molecule has 2 amide bonds. The number of carbonyl (C=O) groups is 2. The third-order valence-electron chi connectivity index (χ3n) is 5.09. The number of amides is 2. The van der Waals surface area contributed by atoms with Gasteiger partial charge in [-0.15, -0.1) is 0 Å². The number of furan rings is 2. The number of hydrogen-bond donors (Lipinski definition) is 0. The number of benzene rings is 1. The first-order valence-corrected chi connectivity index (χ1v) is 10.5. The second-order valence-corrected chi connectivity index (χ2v) is 7.80. The third-order valence-corrected chi connectivity index (χ3v) is 5.52. The van der Waals surface area contributed by atoms with E-state index in [1.807, 2.05) is 0 Å². The summed E-state index contributed by atoms with van der Waals surface area (Å²) in [5.74, 6) is 0.857. The molecular formula is C22H20BrFN2O4. The van der Waals surface area contributed by atoms with Crippen molar-refractivity contribution in [2.45, 2.75) is 12.8 Å². The highest BCUT2D eigenvalue weighted by Crippen LogP contribution is 2.25. The van der Waals surface area contributed by atoms with Crippen LogP contribution in [-0.2, 0) is 11.2 Å². The van der Waals surface area contributed by atoms with Crippen LogP contribution >= 0.6 is 15.9 Å². The van der Waals surface area contributed by atoms with Crippen LogP contribution in [0.3, 0.4) is 0 Å². The Kier molecular flexibility index (Phi) is 6.03. The molecule has 0 N–H and O–H groups in total. The summed E-state index contributed by atoms with van der Waals surface area (Å²) in [4.78, 5) is 28.4. The zero-order valence-electron chi connectivity index (χ0n) is 16.1. The van der Waals surface area contributed by atoms with E-state index in [1.165, 1.54) is 6.07 Å². The predicted molar refractivity (Wildman–Crippen MR) is 111 cm³/mol. The maximum absolute atomic E-state index is 13.9. The molecule has 0 radical (unpaired) electrons. The number of piperazine rings is 1. The van der Waals surface area contributed by atoms with Crippen LogP contribution in [0.15, 0.2) is 62.0 Å². The standard InChI is InChI=1S/C22H20BrFN2O4/c23-20-9-8-19(30-20)22(28)26-13-11-25(12-14-26)21(27)10-6-15-5-7-18(29-15)16-3-1-2-4-17(16)24/h1-5,7-9H,6,10-14H2. The Hall–Kier alpha value is -2.87. The minimum Gasteiger partial charge on any atom is -0.461 e. The number of carbonyl (C=O) groups excluding carboxylic acids is 2. The summed E-state index contributed by atoms with van der Waals surface area (Å²) < 4.78 is 25.4. The maximum atomic E-state index is 13.9. The van der Waals surface area contributed by atoms with Crippen molar-refractivity contribution in [2.24, 2.45) is 0 Å². The second-order valence-electron chi connectivity index (χ2n) is 7.02. The van der Waals surface area contributed by atoms with Crippen LogP contribution in [0.5, 0.6) is 0 Å². The lowest BCUT2D eigenvalue weighted by Gasteiger charge is -2.34. The highest BCUT2D eigenvalue weighted by molar-refractivity contribution is 9.10. The Bertz CT molecular complexity index is 1050. The number of hydrogen-bond acceptors (Lipinski definition) is 4. The van der Waals surface area contributed by atoms with Crippen molar-refractivity contribution in [2.75, 3.05) is 26.2 Å². The van der Waals surface area contributed by atoms with E-state index in [-0.39, 0.29) is 23.4 Å². The van der Waals surface area contributed by atoms with Gasteiger partial charge in [-0.1, -0.05) is 12.1 Å². The van der Waals surface area contributed by atoms with E-state index in [9.17, 15) is 14.0 Å². The minimum absolute atomic E-state index is 0.00619. The van der Waals surface area contributed by atoms with Crippen LogP contribution in [0.2, 0.25) is 0 Å². The molecule has 1 aliphatic rings. The van der Waals surface area contributed by atoms with Crippen molar-refractivity contribution in [1.29, 1.82) is 0 Å². The largest absolute Gasteiger partial charge is 0.461 e. The Morgan fingerprint density at radius 3 is 2.37 bits per heavy atom. The topological polar surface area (TPSA) is 66.9 Å². The van der Waals surface area contributed by atoms with Crippen molar-refractivity contribution in [3.63, 3.8) is 0 Å². The zero-order chi connectivity index (χ0) is 21.1. The van der Waals surface area contributed by atoms with Crippen LogP contribution in [-0.4, -0.2) is 47.8 Å². The van der Waals surface area contributed by atoms with E-state index in [1.54, 1.807) is 52.3 Å². The summed E-state index contributed by atoms with van der Waals surface area (Å²) >= 11 is 3.19. The van der Waals surface area contributed by atoms with Gasteiger partial charge in [0, 0.05) is 39.0 Å². The molecule has 3 aromatic rings. The lowest BCUT2D eigenvalue weighted by atomic mass is 10.1. The molecule has 1 aliphatic heterocycles. The van der Waals surface area contributed by atoms with Crippen LogP contribution in [0, 0.1) is 5.82 Å². The molecule has 4 rings (SSSR count). The van der Waals surface area contributed by atoms with Gasteiger partial charge in [0.1, 0.15) is 17.3 Å². The van der Waals surface area contributed by atoms with Gasteiger partial charge in [-0.3, -0.25) is 9.59 Å². The van der Waals surface area contributed by atoms with Gasteiger partial charge in [-0.2, -0.15) is 0 Å². The fourth-order valence-electron chi connectivity index (χ4n) is 3.45. The molecule has 0 bridgehead atoms. The second kappa shape index (κ2) is 8.87. The maximum Gasteiger partial charge on any atom is 0.289 e. The molecule has 3 heterocycles. The van der Waals surface area contributed by atoms with Gasteiger partial charge >= 0.3 is 0 Å². The van der Waals surface area contributed by atoms with Gasteiger partial charge in [0.05, 0.1) is 5.56 Å². The van der Waals surface area contributed by atoms with Crippen LogP contribution in [0.1, 0.15) is 22.7 Å². The smallest absolute Gasteiger partial charge is 0.289 e. The van der Waals surface area contributed by atoms with Gasteiger partial charge in [-0.05, 0) is 52.3 Å². The molecule has 0 unspecified atom stereocenters. The van der Waals surface area contributed by atoms with Gasteiger partial charge in [0.25, 0.3) is 5.91 Å². The summed E-state index contributed by atoms with van der Waals surface area (Å²) in [6.07, 6.45) is 0.732. The lowest BCUT2D eigenvalue weighted by molar-refractivity contribution is -0.132. The van der Waals surface area contributed by atoms with E-state index in [0.29, 0.717) is 60.8 Å². The average molecular weight is 475 g/mol. The van der Waals surface area contributed by atoms with E-state index < -0.39 is 0 Å². The Balaban J connectivity index is 1.27. The fourth-order valence-corrected chi connectivity index (χ4v) is 3.76.